The van der Waals surface area contributed by atoms with Gasteiger partial charge in [0.1, 0.15) is 23.1 Å². The van der Waals surface area contributed by atoms with Gasteiger partial charge in [-0.2, -0.15) is 0 Å². The van der Waals surface area contributed by atoms with Gasteiger partial charge < -0.3 is 24.3 Å². The number of hydrogen-bond donors (Lipinski definition) is 1. The standard InChI is InChI=1S/C15H15NO6S2.Na/c1-7(17)10-12(18)16-11(14(19)20)15(23-13(10)16)22-8-3-5-9(6-4-8)24(2)21;/h3-7,10,13,17H,1-2H3,(H,19,20);/q;+1/p-1/t7?,10-,13+,24?;/m0./s1. The van der Waals surface area contributed by atoms with Crippen molar-refractivity contribution in [3.8, 4) is 5.75 Å². The van der Waals surface area contributed by atoms with Crippen LogP contribution in [0.5, 0.6) is 5.75 Å². The van der Waals surface area contributed by atoms with Gasteiger partial charge >= 0.3 is 29.6 Å². The minimum Gasteiger partial charge on any atom is -0.612 e. The fourth-order valence-corrected chi connectivity index (χ4v) is 4.60. The Morgan fingerprint density at radius 3 is 2.48 bits per heavy atom. The maximum Gasteiger partial charge on any atom is 1.00 e. The first-order valence-electron chi connectivity index (χ1n) is 7.06. The molecule has 2 aliphatic rings. The number of thioether (sulfide) groups is 1. The second-order valence-corrected chi connectivity index (χ2v) is 7.90. The zero-order chi connectivity index (χ0) is 17.6. The molecule has 3 rings (SSSR count). The van der Waals surface area contributed by atoms with E-state index in [9.17, 15) is 24.4 Å². The number of aliphatic hydroxyl groups excluding tert-OH is 1. The van der Waals surface area contributed by atoms with Crippen LogP contribution in [0.3, 0.4) is 0 Å². The van der Waals surface area contributed by atoms with E-state index in [0.29, 0.717) is 10.6 Å². The van der Waals surface area contributed by atoms with E-state index in [1.165, 1.54) is 6.92 Å². The van der Waals surface area contributed by atoms with Gasteiger partial charge in [-0.1, -0.05) is 11.8 Å². The third kappa shape index (κ3) is 3.73. The minimum absolute atomic E-state index is 0. The van der Waals surface area contributed by atoms with Crippen LogP contribution < -0.4 is 39.4 Å². The molecule has 0 aromatic heterocycles. The number of carboxylic acid groups (broad SMARTS) is 1. The van der Waals surface area contributed by atoms with Gasteiger partial charge in [0.15, 0.2) is 9.99 Å². The van der Waals surface area contributed by atoms with Crippen molar-refractivity contribution in [2.45, 2.75) is 23.3 Å². The fourth-order valence-electron chi connectivity index (χ4n) is 2.62. The first-order valence-corrected chi connectivity index (χ1v) is 9.49. The normalized spacial score (nSPS) is 24.2. The van der Waals surface area contributed by atoms with Crippen LogP contribution in [0.15, 0.2) is 39.9 Å². The van der Waals surface area contributed by atoms with Crippen molar-refractivity contribution in [1.82, 2.24) is 4.90 Å². The number of aliphatic carboxylic acids is 1. The number of carbonyl (C=O) groups excluding carboxylic acids is 2. The predicted octanol–water partition coefficient (Wildman–Crippen LogP) is -3.36. The first kappa shape index (κ1) is 20.6. The number of hydrogen-bond acceptors (Lipinski definition) is 7. The number of rotatable bonds is 5. The number of aliphatic hydroxyl groups is 1. The number of ether oxygens (including phenoxy) is 1. The van der Waals surface area contributed by atoms with Gasteiger partial charge in [0, 0.05) is 0 Å². The molecule has 1 aromatic carbocycles. The molecule has 0 bridgehead atoms. The smallest absolute Gasteiger partial charge is 0.612 e. The quantitative estimate of drug-likeness (QED) is 0.317. The van der Waals surface area contributed by atoms with Gasteiger partial charge in [0.2, 0.25) is 5.91 Å². The van der Waals surface area contributed by atoms with Crippen molar-refractivity contribution in [3.63, 3.8) is 0 Å². The average molecular weight is 391 g/mol. The third-order valence-electron chi connectivity index (χ3n) is 3.83. The summed E-state index contributed by atoms with van der Waals surface area (Å²) >= 11 is -0.0652. The summed E-state index contributed by atoms with van der Waals surface area (Å²) in [6.07, 6.45) is 0.666. The molecule has 2 unspecified atom stereocenters. The van der Waals surface area contributed by atoms with Gasteiger partial charge in [-0.3, -0.25) is 9.69 Å². The SMILES string of the molecule is CC(O)[C@H]1C(=O)N2C(C(=O)[O-])=C(Oc3ccc([S+](C)[O-])cc3)S[C@H]12.[Na+]. The van der Waals surface area contributed by atoms with Gasteiger partial charge in [-0.25, -0.2) is 0 Å². The Kier molecular flexibility index (Phi) is 6.53. The van der Waals surface area contributed by atoms with Crippen molar-refractivity contribution in [2.24, 2.45) is 5.92 Å². The van der Waals surface area contributed by atoms with E-state index in [2.05, 4.69) is 0 Å². The number of benzene rings is 1. The van der Waals surface area contributed by atoms with Crippen molar-refractivity contribution < 1.29 is 58.6 Å². The van der Waals surface area contributed by atoms with Gasteiger partial charge in [-0.05, 0) is 42.4 Å². The summed E-state index contributed by atoms with van der Waals surface area (Å²) in [5.41, 5.74) is -0.324. The Morgan fingerprint density at radius 1 is 1.40 bits per heavy atom. The summed E-state index contributed by atoms with van der Waals surface area (Å²) in [6.45, 7) is 1.49. The number of β-lactam (4-membered cyclic amide) rings is 1. The van der Waals surface area contributed by atoms with Crippen LogP contribution in [-0.2, 0) is 20.8 Å². The van der Waals surface area contributed by atoms with Crippen LogP contribution in [-0.4, -0.2) is 44.2 Å². The third-order valence-corrected chi connectivity index (χ3v) is 6.00. The molecule has 10 heteroatoms. The molecule has 0 radical (unpaired) electrons. The number of fused-ring (bicyclic) bond motifs is 1. The maximum absolute atomic E-state index is 12.1. The fraction of sp³-hybridized carbons (Fsp3) is 0.333. The molecule has 1 amide bonds. The molecule has 0 spiro atoms. The van der Waals surface area contributed by atoms with Crippen LogP contribution >= 0.6 is 11.8 Å². The number of amides is 1. The predicted molar refractivity (Wildman–Crippen MR) is 84.8 cm³/mol. The van der Waals surface area contributed by atoms with Crippen molar-refractivity contribution in [3.05, 3.63) is 35.1 Å². The van der Waals surface area contributed by atoms with Crippen LogP contribution in [0.4, 0.5) is 0 Å². The average Bonchev–Trinajstić information content (AvgIpc) is 2.81. The molecule has 4 atom stereocenters. The van der Waals surface area contributed by atoms with Gasteiger partial charge in [0.05, 0.1) is 18.0 Å². The van der Waals surface area contributed by atoms with Crippen LogP contribution in [0, 0.1) is 5.92 Å². The first-order chi connectivity index (χ1) is 11.3. The van der Waals surface area contributed by atoms with E-state index in [4.69, 9.17) is 4.74 Å². The van der Waals surface area contributed by atoms with E-state index in [1.54, 1.807) is 30.5 Å². The van der Waals surface area contributed by atoms with Crippen LogP contribution in [0.1, 0.15) is 6.92 Å². The van der Waals surface area contributed by atoms with Gasteiger partial charge in [-0.15, -0.1) is 0 Å². The van der Waals surface area contributed by atoms with Crippen molar-refractivity contribution in [2.75, 3.05) is 6.26 Å². The molecular weight excluding hydrogens is 377 g/mol. The largest absolute Gasteiger partial charge is 1.00 e. The second-order valence-electron chi connectivity index (χ2n) is 5.43. The van der Waals surface area contributed by atoms with E-state index >= 15 is 0 Å². The second kappa shape index (κ2) is 7.91. The summed E-state index contributed by atoms with van der Waals surface area (Å²) in [7, 11) is 0. The molecule has 1 aromatic rings. The summed E-state index contributed by atoms with van der Waals surface area (Å²) in [6, 6.07) is 6.37. The monoisotopic (exact) mass is 391 g/mol. The molecule has 0 saturated carbocycles. The zero-order valence-electron chi connectivity index (χ0n) is 13.8. The molecule has 7 nitrogen and oxygen atoms in total. The zero-order valence-corrected chi connectivity index (χ0v) is 17.4. The van der Waals surface area contributed by atoms with E-state index < -0.39 is 40.4 Å². The molecule has 2 aliphatic heterocycles. The Balaban J connectivity index is 0.00000225. The Bertz CT molecular complexity index is 721. The minimum atomic E-state index is -1.51. The summed E-state index contributed by atoms with van der Waals surface area (Å²) < 4.78 is 17.0. The summed E-state index contributed by atoms with van der Waals surface area (Å²) in [5.74, 6) is -2.29. The molecule has 2 heterocycles. The Hall–Kier alpha value is -0.680. The number of nitrogens with zero attached hydrogens (tertiary/aromatic N) is 1. The Morgan fingerprint density at radius 2 is 2.00 bits per heavy atom. The van der Waals surface area contributed by atoms with Gasteiger partial charge in [0.25, 0.3) is 0 Å². The van der Waals surface area contributed by atoms with E-state index in [1.807, 2.05) is 0 Å². The van der Waals surface area contributed by atoms with E-state index in [0.717, 1.165) is 16.7 Å². The maximum atomic E-state index is 12.1. The topological polar surface area (TPSA) is 113 Å². The summed E-state index contributed by atoms with van der Waals surface area (Å²) in [5, 5.41) is 20.6. The molecule has 1 fully saturated rings. The van der Waals surface area contributed by atoms with Crippen molar-refractivity contribution >= 4 is 34.8 Å². The molecule has 1 N–H and O–H groups in total. The molecular formula is C15H14NNaO6S2. The number of carbonyl (C=O) groups is 2. The number of carboxylic acids is 1. The van der Waals surface area contributed by atoms with Crippen LogP contribution in [0.25, 0.3) is 0 Å². The molecule has 25 heavy (non-hydrogen) atoms. The van der Waals surface area contributed by atoms with Crippen molar-refractivity contribution in [1.29, 1.82) is 0 Å². The molecule has 1 saturated heterocycles. The molecule has 128 valence electrons. The van der Waals surface area contributed by atoms with E-state index in [-0.39, 0.29) is 40.3 Å². The van der Waals surface area contributed by atoms with Crippen LogP contribution in [0.2, 0.25) is 0 Å². The summed E-state index contributed by atoms with van der Waals surface area (Å²) in [4.78, 5) is 25.2. The molecule has 0 aliphatic carbocycles. The Labute approximate surface area is 173 Å².